The Morgan fingerprint density at radius 2 is 2.10 bits per heavy atom. The van der Waals surface area contributed by atoms with Gasteiger partial charge in [-0.1, -0.05) is 29.8 Å². The van der Waals surface area contributed by atoms with E-state index in [9.17, 15) is 5.11 Å². The van der Waals surface area contributed by atoms with Crippen LogP contribution < -0.4 is 14.9 Å². The van der Waals surface area contributed by atoms with Gasteiger partial charge in [-0.05, 0) is 6.07 Å². The van der Waals surface area contributed by atoms with E-state index in [2.05, 4.69) is 10.3 Å². The standard InChI is InChI=1S/C13H13ClN4O3/c14-11-4-2-1-3-10(11)13(19)15-12-9-18(16-21-12)17-5-7-20-8-6-17/h1-4,9H,5-8H2. The molecule has 2 heterocycles. The molecule has 1 saturated heterocycles. The van der Waals surface area contributed by atoms with Gasteiger partial charge in [-0.3, -0.25) is 4.52 Å². The van der Waals surface area contributed by atoms with Crippen LogP contribution in [-0.2, 0) is 4.74 Å². The predicted molar refractivity (Wildman–Crippen MR) is 73.1 cm³/mol. The maximum absolute atomic E-state index is 12.0. The van der Waals surface area contributed by atoms with E-state index in [0.29, 0.717) is 36.9 Å². The Kier molecular flexibility index (Phi) is 4.03. The molecule has 0 N–H and O–H groups in total. The van der Waals surface area contributed by atoms with E-state index >= 15 is 0 Å². The molecule has 7 nitrogen and oxygen atoms in total. The average Bonchev–Trinajstić information content (AvgIpc) is 2.97. The van der Waals surface area contributed by atoms with Crippen molar-refractivity contribution in [1.29, 1.82) is 0 Å². The molecule has 3 rings (SSSR count). The zero-order chi connectivity index (χ0) is 14.7. The lowest BCUT2D eigenvalue weighted by atomic mass is 10.2. The van der Waals surface area contributed by atoms with Crippen molar-refractivity contribution >= 4 is 23.4 Å². The van der Waals surface area contributed by atoms with Crippen molar-refractivity contribution in [3.05, 3.63) is 41.0 Å². The summed E-state index contributed by atoms with van der Waals surface area (Å²) in [5.41, 5.74) is 0.327. The minimum atomic E-state index is -0.467. The number of morpholine rings is 1. The SMILES string of the molecule is [O-]C(=Nc1c[n+](N2CCOCC2)no1)c1ccccc1Cl. The molecule has 1 aliphatic heterocycles. The number of hydrogen-bond acceptors (Lipinski definition) is 6. The van der Waals surface area contributed by atoms with Gasteiger partial charge in [0.05, 0.1) is 31.1 Å². The van der Waals surface area contributed by atoms with E-state index in [1.165, 1.54) is 4.79 Å². The first-order chi connectivity index (χ1) is 10.2. The van der Waals surface area contributed by atoms with Crippen LogP contribution in [0.5, 0.6) is 0 Å². The Hall–Kier alpha value is -2.12. The Morgan fingerprint density at radius 3 is 2.86 bits per heavy atom. The van der Waals surface area contributed by atoms with Crippen LogP contribution in [0.4, 0.5) is 5.88 Å². The van der Waals surface area contributed by atoms with Crippen LogP contribution in [0.15, 0.2) is 40.0 Å². The molecule has 0 atom stereocenters. The number of ether oxygens (including phenoxy) is 1. The van der Waals surface area contributed by atoms with Crippen molar-refractivity contribution < 1.29 is 19.2 Å². The van der Waals surface area contributed by atoms with Crippen molar-refractivity contribution in [3.8, 4) is 0 Å². The Balaban J connectivity index is 1.80. The summed E-state index contributed by atoms with van der Waals surface area (Å²) in [4.78, 5) is 5.40. The molecule has 0 aliphatic carbocycles. The summed E-state index contributed by atoms with van der Waals surface area (Å²) in [6.45, 7) is 2.67. The first kappa shape index (κ1) is 13.8. The third kappa shape index (κ3) is 3.14. The maximum Gasteiger partial charge on any atom is 0.324 e. The lowest BCUT2D eigenvalue weighted by molar-refractivity contribution is -0.759. The fourth-order valence-electron chi connectivity index (χ4n) is 1.97. The molecule has 1 fully saturated rings. The van der Waals surface area contributed by atoms with Crippen LogP contribution in [0.25, 0.3) is 0 Å². The summed E-state index contributed by atoms with van der Waals surface area (Å²) >= 11 is 5.96. The third-order valence-electron chi connectivity index (χ3n) is 3.04. The summed E-state index contributed by atoms with van der Waals surface area (Å²) in [6, 6.07) is 6.72. The van der Waals surface area contributed by atoms with Gasteiger partial charge >= 0.3 is 5.88 Å². The van der Waals surface area contributed by atoms with Crippen molar-refractivity contribution in [2.24, 2.45) is 4.99 Å². The van der Waals surface area contributed by atoms with E-state index in [4.69, 9.17) is 20.9 Å². The molecule has 1 aromatic carbocycles. The zero-order valence-electron chi connectivity index (χ0n) is 11.1. The predicted octanol–water partition coefficient (Wildman–Crippen LogP) is 0.0223. The molecular weight excluding hydrogens is 296 g/mol. The number of aliphatic imine (C=N–C) groups is 1. The van der Waals surface area contributed by atoms with E-state index < -0.39 is 5.90 Å². The van der Waals surface area contributed by atoms with Gasteiger partial charge in [0.15, 0.2) is 0 Å². The number of rotatable bonds is 3. The first-order valence-corrected chi connectivity index (χ1v) is 6.84. The van der Waals surface area contributed by atoms with Gasteiger partial charge in [-0.15, -0.1) is 5.01 Å². The van der Waals surface area contributed by atoms with Crippen LogP contribution in [0, 0.1) is 0 Å². The molecule has 21 heavy (non-hydrogen) atoms. The number of halogens is 1. The van der Waals surface area contributed by atoms with Gasteiger partial charge in [-0.25, -0.2) is 4.99 Å². The summed E-state index contributed by atoms with van der Waals surface area (Å²) in [6.07, 6.45) is 1.56. The lowest BCUT2D eigenvalue weighted by Crippen LogP contribution is -2.62. The van der Waals surface area contributed by atoms with Gasteiger partial charge in [0, 0.05) is 16.5 Å². The van der Waals surface area contributed by atoms with Gasteiger partial charge in [0.1, 0.15) is 0 Å². The highest BCUT2D eigenvalue weighted by Crippen LogP contribution is 2.16. The van der Waals surface area contributed by atoms with Crippen LogP contribution >= 0.6 is 11.6 Å². The van der Waals surface area contributed by atoms with E-state index in [1.54, 1.807) is 30.5 Å². The molecule has 0 radical (unpaired) electrons. The molecule has 1 aliphatic rings. The number of hydrogen-bond donors (Lipinski definition) is 0. The highest BCUT2D eigenvalue weighted by molar-refractivity contribution is 6.33. The van der Waals surface area contributed by atoms with Gasteiger partial charge in [0.25, 0.3) is 6.20 Å². The molecule has 0 saturated carbocycles. The quantitative estimate of drug-likeness (QED) is 0.454. The Labute approximate surface area is 126 Å². The second kappa shape index (κ2) is 6.11. The van der Waals surface area contributed by atoms with E-state index in [-0.39, 0.29) is 5.88 Å². The Morgan fingerprint density at radius 1 is 1.33 bits per heavy atom. The topological polar surface area (TPSA) is 77.8 Å². The highest BCUT2D eigenvalue weighted by Gasteiger charge is 2.22. The highest BCUT2D eigenvalue weighted by atomic mass is 35.5. The fraction of sp³-hybridized carbons (Fsp3) is 0.308. The average molecular weight is 309 g/mol. The van der Waals surface area contributed by atoms with Gasteiger partial charge in [0.2, 0.25) is 5.27 Å². The minimum Gasteiger partial charge on any atom is -0.858 e. The second-order valence-electron chi connectivity index (χ2n) is 4.42. The monoisotopic (exact) mass is 308 g/mol. The van der Waals surface area contributed by atoms with Crippen LogP contribution in [0.1, 0.15) is 5.56 Å². The van der Waals surface area contributed by atoms with Crippen LogP contribution in [0.2, 0.25) is 5.02 Å². The van der Waals surface area contributed by atoms with Crippen molar-refractivity contribution in [3.63, 3.8) is 0 Å². The maximum atomic E-state index is 12.0. The molecule has 0 spiro atoms. The van der Waals surface area contributed by atoms with Crippen molar-refractivity contribution in [2.45, 2.75) is 0 Å². The van der Waals surface area contributed by atoms with Crippen molar-refractivity contribution in [1.82, 2.24) is 5.27 Å². The molecule has 0 bridgehead atoms. The lowest BCUT2D eigenvalue weighted by Gasteiger charge is -2.18. The number of aromatic nitrogens is 2. The summed E-state index contributed by atoms with van der Waals surface area (Å²) in [5.74, 6) is -0.336. The summed E-state index contributed by atoms with van der Waals surface area (Å²) in [5, 5.41) is 18.2. The Bertz CT molecular complexity index is 652. The third-order valence-corrected chi connectivity index (χ3v) is 3.37. The summed E-state index contributed by atoms with van der Waals surface area (Å²) in [7, 11) is 0. The number of nitrogens with zero attached hydrogens (tertiary/aromatic N) is 4. The van der Waals surface area contributed by atoms with Gasteiger partial charge < -0.3 is 9.84 Å². The molecule has 8 heteroatoms. The molecule has 110 valence electrons. The smallest absolute Gasteiger partial charge is 0.324 e. The molecule has 2 aromatic rings. The normalized spacial score (nSPS) is 16.2. The summed E-state index contributed by atoms with van der Waals surface area (Å²) < 4.78 is 10.3. The first-order valence-electron chi connectivity index (χ1n) is 6.46. The van der Waals surface area contributed by atoms with Crippen molar-refractivity contribution in [2.75, 3.05) is 31.3 Å². The minimum absolute atomic E-state index is 0.131. The zero-order valence-corrected chi connectivity index (χ0v) is 11.9. The van der Waals surface area contributed by atoms with Crippen LogP contribution in [0.3, 0.4) is 0 Å². The largest absolute Gasteiger partial charge is 0.858 e. The number of benzene rings is 1. The van der Waals surface area contributed by atoms with E-state index in [1.807, 2.05) is 5.01 Å². The molecular formula is C13H13ClN4O3. The van der Waals surface area contributed by atoms with Crippen LogP contribution in [-0.4, -0.2) is 37.5 Å². The fourth-order valence-corrected chi connectivity index (χ4v) is 2.18. The molecule has 0 unspecified atom stereocenters. The van der Waals surface area contributed by atoms with E-state index in [0.717, 1.165) is 0 Å². The molecule has 1 aromatic heterocycles. The second-order valence-corrected chi connectivity index (χ2v) is 4.83. The van der Waals surface area contributed by atoms with Gasteiger partial charge in [-0.2, -0.15) is 0 Å². The molecule has 0 amide bonds.